The van der Waals surface area contributed by atoms with Crippen molar-refractivity contribution in [1.82, 2.24) is 14.5 Å². The molecule has 2 aromatic rings. The van der Waals surface area contributed by atoms with Gasteiger partial charge in [0.25, 0.3) is 0 Å². The molecule has 96 valence electrons. The summed E-state index contributed by atoms with van der Waals surface area (Å²) in [5.74, 6) is 0.419. The third kappa shape index (κ3) is 2.03. The number of anilines is 1. The molecule has 0 aliphatic rings. The van der Waals surface area contributed by atoms with Crippen LogP contribution in [0.15, 0.2) is 18.2 Å². The number of nitrogens with two attached hydrogens (primary N) is 1. The predicted octanol–water partition coefficient (Wildman–Crippen LogP) is 1.41. The molecule has 1 amide bonds. The van der Waals surface area contributed by atoms with Crippen LogP contribution in [0.25, 0.3) is 11.0 Å². The van der Waals surface area contributed by atoms with Crippen molar-refractivity contribution in [2.75, 3.05) is 19.3 Å². The average molecular weight is 246 g/mol. The summed E-state index contributed by atoms with van der Waals surface area (Å²) in [7, 11) is 1.78. The molecule has 0 spiro atoms. The van der Waals surface area contributed by atoms with Gasteiger partial charge in [0.2, 0.25) is 11.9 Å². The van der Waals surface area contributed by atoms with Crippen molar-refractivity contribution in [3.63, 3.8) is 0 Å². The fraction of sp³-hybridized carbons (Fsp3) is 0.385. The second-order valence-electron chi connectivity index (χ2n) is 4.41. The lowest BCUT2D eigenvalue weighted by molar-refractivity contribution is -0.130. The number of likely N-dealkylation sites (N-methyl/N-ethyl adjacent to an activating group) is 1. The Morgan fingerprint density at radius 2 is 2.22 bits per heavy atom. The minimum atomic E-state index is 0.0324. The van der Waals surface area contributed by atoms with E-state index in [0.717, 1.165) is 16.6 Å². The molecule has 5 nitrogen and oxygen atoms in total. The topological polar surface area (TPSA) is 64.2 Å². The second-order valence-corrected chi connectivity index (χ2v) is 4.41. The number of para-hydroxylation sites is 1. The fourth-order valence-electron chi connectivity index (χ4n) is 1.90. The van der Waals surface area contributed by atoms with E-state index in [1.54, 1.807) is 16.5 Å². The van der Waals surface area contributed by atoms with Crippen LogP contribution in [0.1, 0.15) is 12.5 Å². The third-order valence-electron chi connectivity index (χ3n) is 3.20. The molecule has 1 heterocycles. The highest BCUT2D eigenvalue weighted by molar-refractivity contribution is 5.84. The number of amides is 1. The Morgan fingerprint density at radius 1 is 1.50 bits per heavy atom. The van der Waals surface area contributed by atoms with Gasteiger partial charge in [0.05, 0.1) is 11.0 Å². The first-order valence-electron chi connectivity index (χ1n) is 6.00. The summed E-state index contributed by atoms with van der Waals surface area (Å²) in [5, 5.41) is 0. The lowest BCUT2D eigenvalue weighted by Crippen LogP contribution is -2.30. The number of imidazole rings is 1. The van der Waals surface area contributed by atoms with Gasteiger partial charge < -0.3 is 15.2 Å². The van der Waals surface area contributed by atoms with Crippen molar-refractivity contribution < 1.29 is 4.79 Å². The zero-order valence-corrected chi connectivity index (χ0v) is 11.0. The van der Waals surface area contributed by atoms with E-state index < -0.39 is 0 Å². The molecule has 0 aliphatic heterocycles. The first-order valence-corrected chi connectivity index (χ1v) is 6.00. The maximum atomic E-state index is 11.9. The van der Waals surface area contributed by atoms with Gasteiger partial charge in [-0.25, -0.2) is 4.98 Å². The van der Waals surface area contributed by atoms with Crippen molar-refractivity contribution in [3.8, 4) is 0 Å². The van der Waals surface area contributed by atoms with Crippen molar-refractivity contribution in [2.45, 2.75) is 20.4 Å². The second kappa shape index (κ2) is 4.68. The normalized spacial score (nSPS) is 10.8. The van der Waals surface area contributed by atoms with Crippen molar-refractivity contribution in [3.05, 3.63) is 23.8 Å². The Balaban J connectivity index is 2.42. The lowest BCUT2D eigenvalue weighted by atomic mass is 10.2. The standard InChI is InChI=1S/C13H18N4O/c1-4-16(3)11(18)8-17-10-7-5-6-9(2)12(10)15-13(17)14/h5-7H,4,8H2,1-3H3,(H2,14,15). The first-order chi connectivity index (χ1) is 8.54. The molecule has 18 heavy (non-hydrogen) atoms. The van der Waals surface area contributed by atoms with Crippen LogP contribution in [0.2, 0.25) is 0 Å². The number of hydrogen-bond acceptors (Lipinski definition) is 3. The predicted molar refractivity (Wildman–Crippen MR) is 72.2 cm³/mol. The Kier molecular flexibility index (Phi) is 3.23. The molecule has 0 unspecified atom stereocenters. The van der Waals surface area contributed by atoms with Gasteiger partial charge in [-0.2, -0.15) is 0 Å². The number of carbonyl (C=O) groups excluding carboxylic acids is 1. The smallest absolute Gasteiger partial charge is 0.242 e. The monoisotopic (exact) mass is 246 g/mol. The third-order valence-corrected chi connectivity index (χ3v) is 3.20. The molecule has 5 heteroatoms. The first kappa shape index (κ1) is 12.4. The summed E-state index contributed by atoms with van der Waals surface area (Å²) >= 11 is 0. The Bertz CT molecular complexity index is 588. The summed E-state index contributed by atoms with van der Waals surface area (Å²) in [6.07, 6.45) is 0. The molecule has 0 fully saturated rings. The quantitative estimate of drug-likeness (QED) is 0.890. The van der Waals surface area contributed by atoms with Crippen LogP contribution in [0.4, 0.5) is 5.95 Å². The molecule has 0 saturated carbocycles. The summed E-state index contributed by atoms with van der Waals surface area (Å²) < 4.78 is 1.76. The number of benzene rings is 1. The summed E-state index contributed by atoms with van der Waals surface area (Å²) in [6, 6.07) is 5.87. The Labute approximate surface area is 106 Å². The minimum absolute atomic E-state index is 0.0324. The molecular weight excluding hydrogens is 228 g/mol. The SMILES string of the molecule is CCN(C)C(=O)Cn1c(N)nc2c(C)cccc21. The number of hydrogen-bond donors (Lipinski definition) is 1. The molecule has 0 saturated heterocycles. The van der Waals surface area contributed by atoms with Crippen LogP contribution in [0.3, 0.4) is 0 Å². The van der Waals surface area contributed by atoms with Gasteiger partial charge in [-0.3, -0.25) is 4.79 Å². The van der Waals surface area contributed by atoms with Crippen molar-refractivity contribution >= 4 is 22.9 Å². The zero-order chi connectivity index (χ0) is 13.3. The summed E-state index contributed by atoms with van der Waals surface area (Å²) in [6.45, 7) is 4.84. The van der Waals surface area contributed by atoms with Gasteiger partial charge in [0.1, 0.15) is 6.54 Å². The number of rotatable bonds is 3. The van der Waals surface area contributed by atoms with E-state index in [4.69, 9.17) is 5.73 Å². The van der Waals surface area contributed by atoms with E-state index in [9.17, 15) is 4.79 Å². The highest BCUT2D eigenvalue weighted by Gasteiger charge is 2.14. The number of aromatic nitrogens is 2. The highest BCUT2D eigenvalue weighted by Crippen LogP contribution is 2.20. The molecule has 1 aromatic carbocycles. The maximum Gasteiger partial charge on any atom is 0.242 e. The number of fused-ring (bicyclic) bond motifs is 1. The molecule has 0 bridgehead atoms. The molecule has 2 rings (SSSR count). The van der Waals surface area contributed by atoms with Gasteiger partial charge in [-0.15, -0.1) is 0 Å². The molecule has 0 aliphatic carbocycles. The van der Waals surface area contributed by atoms with Gasteiger partial charge in [0, 0.05) is 13.6 Å². The summed E-state index contributed by atoms with van der Waals surface area (Å²) in [4.78, 5) is 17.9. The fourth-order valence-corrected chi connectivity index (χ4v) is 1.90. The van der Waals surface area contributed by atoms with Crippen molar-refractivity contribution in [2.24, 2.45) is 0 Å². The van der Waals surface area contributed by atoms with E-state index in [0.29, 0.717) is 12.5 Å². The van der Waals surface area contributed by atoms with Crippen LogP contribution in [0.5, 0.6) is 0 Å². The summed E-state index contributed by atoms with van der Waals surface area (Å²) in [5.41, 5.74) is 8.73. The number of nitrogen functional groups attached to an aromatic ring is 1. The number of aryl methyl sites for hydroxylation is 1. The molecule has 0 radical (unpaired) electrons. The van der Waals surface area contributed by atoms with Crippen molar-refractivity contribution in [1.29, 1.82) is 0 Å². The molecule has 1 aromatic heterocycles. The molecular formula is C13H18N4O. The maximum absolute atomic E-state index is 11.9. The van der Waals surface area contributed by atoms with Gasteiger partial charge in [-0.05, 0) is 25.5 Å². The van der Waals surface area contributed by atoms with Crippen LogP contribution in [-0.2, 0) is 11.3 Å². The van der Waals surface area contributed by atoms with E-state index >= 15 is 0 Å². The number of carbonyl (C=O) groups is 1. The van der Waals surface area contributed by atoms with Gasteiger partial charge >= 0.3 is 0 Å². The molecule has 2 N–H and O–H groups in total. The van der Waals surface area contributed by atoms with Crippen LogP contribution in [0, 0.1) is 6.92 Å². The van der Waals surface area contributed by atoms with E-state index in [2.05, 4.69) is 4.98 Å². The Hall–Kier alpha value is -2.04. The molecule has 0 atom stereocenters. The van der Waals surface area contributed by atoms with Gasteiger partial charge in [0.15, 0.2) is 0 Å². The van der Waals surface area contributed by atoms with Crippen LogP contribution < -0.4 is 5.73 Å². The Morgan fingerprint density at radius 3 is 2.89 bits per heavy atom. The average Bonchev–Trinajstić information content (AvgIpc) is 2.67. The highest BCUT2D eigenvalue weighted by atomic mass is 16.2. The van der Waals surface area contributed by atoms with E-state index in [1.807, 2.05) is 32.0 Å². The van der Waals surface area contributed by atoms with Gasteiger partial charge in [-0.1, -0.05) is 12.1 Å². The van der Waals surface area contributed by atoms with E-state index in [1.165, 1.54) is 0 Å². The largest absolute Gasteiger partial charge is 0.369 e. The van der Waals surface area contributed by atoms with E-state index in [-0.39, 0.29) is 12.5 Å². The van der Waals surface area contributed by atoms with Crippen LogP contribution in [-0.4, -0.2) is 34.0 Å². The minimum Gasteiger partial charge on any atom is -0.369 e. The van der Waals surface area contributed by atoms with Crippen LogP contribution >= 0.6 is 0 Å². The zero-order valence-electron chi connectivity index (χ0n) is 11.0. The number of nitrogens with zero attached hydrogens (tertiary/aromatic N) is 3. The lowest BCUT2D eigenvalue weighted by Gasteiger charge is -2.15.